The molecular weight excluding hydrogens is 362 g/mol. The van der Waals surface area contributed by atoms with Crippen LogP contribution in [-0.4, -0.2) is 45.6 Å². The highest BCUT2D eigenvalue weighted by Crippen LogP contribution is 2.40. The normalized spacial score (nSPS) is 19.4. The zero-order chi connectivity index (χ0) is 19.2. The van der Waals surface area contributed by atoms with E-state index in [-0.39, 0.29) is 12.1 Å². The van der Waals surface area contributed by atoms with Gasteiger partial charge in [-0.1, -0.05) is 11.3 Å². The van der Waals surface area contributed by atoms with Gasteiger partial charge in [0.1, 0.15) is 5.60 Å². The summed E-state index contributed by atoms with van der Waals surface area (Å²) in [6.07, 6.45) is 5.73. The maximum Gasteiger partial charge on any atom is 0.407 e. The van der Waals surface area contributed by atoms with Crippen molar-refractivity contribution in [2.24, 2.45) is 7.05 Å². The van der Waals surface area contributed by atoms with Gasteiger partial charge < -0.3 is 15.0 Å². The van der Waals surface area contributed by atoms with Gasteiger partial charge in [-0.3, -0.25) is 4.68 Å². The molecule has 146 valence electrons. The number of hydrogen-bond acceptors (Lipinski definition) is 6. The summed E-state index contributed by atoms with van der Waals surface area (Å²) in [6.45, 7) is 7.30. The van der Waals surface area contributed by atoms with Crippen LogP contribution in [-0.2, 0) is 24.6 Å². The van der Waals surface area contributed by atoms with Crippen molar-refractivity contribution < 1.29 is 9.53 Å². The SMILES string of the molecule is Cn1ncc2c1-c1sc(N3CC[C@@H](NC(=O)OC(C)(C)C)C3)nc1CCC2. The van der Waals surface area contributed by atoms with Crippen LogP contribution in [0.1, 0.15) is 44.9 Å². The first kappa shape index (κ1) is 18.3. The Bertz CT molecular complexity index is 851. The Morgan fingerprint density at radius 1 is 1.37 bits per heavy atom. The smallest absolute Gasteiger partial charge is 0.407 e. The number of amides is 1. The quantitative estimate of drug-likeness (QED) is 0.854. The molecule has 2 aromatic rings. The molecular formula is C19H27N5O2S. The number of anilines is 1. The standard InChI is InChI=1S/C19H27N5O2S/c1-19(2,3)26-18(25)21-13-8-9-24(11-13)17-22-14-7-5-6-12-10-20-23(4)15(12)16(14)27-17/h10,13H,5-9,11H2,1-4H3,(H,21,25)/t13-/m1/s1. The van der Waals surface area contributed by atoms with Gasteiger partial charge in [-0.05, 0) is 52.0 Å². The van der Waals surface area contributed by atoms with E-state index in [4.69, 9.17) is 9.72 Å². The van der Waals surface area contributed by atoms with Gasteiger partial charge in [-0.2, -0.15) is 5.10 Å². The number of fused-ring (bicyclic) bond motifs is 3. The van der Waals surface area contributed by atoms with Crippen molar-refractivity contribution in [1.29, 1.82) is 0 Å². The molecule has 4 rings (SSSR count). The molecule has 27 heavy (non-hydrogen) atoms. The Labute approximate surface area is 163 Å². The van der Waals surface area contributed by atoms with Crippen molar-refractivity contribution in [2.75, 3.05) is 18.0 Å². The third-order valence-corrected chi connectivity index (χ3v) is 6.12. The Hall–Kier alpha value is -2.09. The fourth-order valence-corrected chi connectivity index (χ4v) is 5.02. The maximum atomic E-state index is 12.0. The summed E-state index contributed by atoms with van der Waals surface area (Å²) < 4.78 is 7.34. The van der Waals surface area contributed by atoms with Gasteiger partial charge in [-0.25, -0.2) is 9.78 Å². The van der Waals surface area contributed by atoms with E-state index in [1.807, 2.05) is 38.7 Å². The lowest BCUT2D eigenvalue weighted by Gasteiger charge is -2.22. The molecule has 0 spiro atoms. The third kappa shape index (κ3) is 3.81. The van der Waals surface area contributed by atoms with Crippen LogP contribution in [0.15, 0.2) is 6.20 Å². The van der Waals surface area contributed by atoms with Crippen LogP contribution in [0.25, 0.3) is 10.6 Å². The number of thiazole rings is 1. The summed E-state index contributed by atoms with van der Waals surface area (Å²) in [6, 6.07) is 0.0934. The molecule has 0 saturated carbocycles. The number of nitrogens with one attached hydrogen (secondary N) is 1. The van der Waals surface area contributed by atoms with Crippen LogP contribution in [0.3, 0.4) is 0 Å². The van der Waals surface area contributed by atoms with Crippen molar-refractivity contribution in [3.63, 3.8) is 0 Å². The zero-order valence-corrected chi connectivity index (χ0v) is 17.2. The number of hydrogen-bond donors (Lipinski definition) is 1. The summed E-state index contributed by atoms with van der Waals surface area (Å²) in [5.74, 6) is 0. The molecule has 3 heterocycles. The lowest BCUT2D eigenvalue weighted by Crippen LogP contribution is -2.40. The molecule has 0 aromatic carbocycles. The summed E-state index contributed by atoms with van der Waals surface area (Å²) in [5.41, 5.74) is 3.24. The van der Waals surface area contributed by atoms with Crippen molar-refractivity contribution >= 4 is 22.6 Å². The lowest BCUT2D eigenvalue weighted by molar-refractivity contribution is 0.0509. The number of carbonyl (C=O) groups excluding carboxylic acids is 1. The number of rotatable bonds is 2. The van der Waals surface area contributed by atoms with Crippen molar-refractivity contribution in [3.8, 4) is 10.6 Å². The molecule has 1 N–H and O–H groups in total. The highest BCUT2D eigenvalue weighted by molar-refractivity contribution is 7.19. The molecule has 0 radical (unpaired) electrons. The zero-order valence-electron chi connectivity index (χ0n) is 16.4. The van der Waals surface area contributed by atoms with E-state index in [9.17, 15) is 4.79 Å². The second kappa shape index (κ2) is 6.82. The molecule has 1 aliphatic carbocycles. The van der Waals surface area contributed by atoms with Crippen LogP contribution in [0.4, 0.5) is 9.93 Å². The molecule has 2 aromatic heterocycles. The third-order valence-electron chi connectivity index (χ3n) is 4.96. The second-order valence-corrected chi connectivity index (χ2v) is 9.32. The minimum atomic E-state index is -0.476. The van der Waals surface area contributed by atoms with Crippen molar-refractivity contribution in [3.05, 3.63) is 17.5 Å². The molecule has 1 saturated heterocycles. The highest BCUT2D eigenvalue weighted by atomic mass is 32.1. The van der Waals surface area contributed by atoms with E-state index >= 15 is 0 Å². The average molecular weight is 390 g/mol. The maximum absolute atomic E-state index is 12.0. The highest BCUT2D eigenvalue weighted by Gasteiger charge is 2.30. The van der Waals surface area contributed by atoms with Crippen LogP contribution in [0, 0.1) is 0 Å². The van der Waals surface area contributed by atoms with E-state index < -0.39 is 5.60 Å². The number of aromatic nitrogens is 3. The van der Waals surface area contributed by atoms with Gasteiger partial charge in [0.05, 0.1) is 28.5 Å². The number of aryl methyl sites for hydroxylation is 3. The van der Waals surface area contributed by atoms with Gasteiger partial charge in [0.25, 0.3) is 0 Å². The summed E-state index contributed by atoms with van der Waals surface area (Å²) in [4.78, 5) is 20.5. The first-order valence-corrected chi connectivity index (χ1v) is 10.4. The monoisotopic (exact) mass is 389 g/mol. The summed E-state index contributed by atoms with van der Waals surface area (Å²) in [5, 5.41) is 8.47. The minimum Gasteiger partial charge on any atom is -0.444 e. The molecule has 7 nitrogen and oxygen atoms in total. The van der Waals surface area contributed by atoms with Gasteiger partial charge in [0.2, 0.25) is 0 Å². The Morgan fingerprint density at radius 3 is 2.96 bits per heavy atom. The molecule has 8 heteroatoms. The van der Waals surface area contributed by atoms with E-state index in [0.29, 0.717) is 0 Å². The van der Waals surface area contributed by atoms with Gasteiger partial charge in [0.15, 0.2) is 5.13 Å². The number of carbonyl (C=O) groups is 1. The minimum absolute atomic E-state index is 0.0934. The molecule has 0 bridgehead atoms. The fourth-order valence-electron chi connectivity index (χ4n) is 3.76. The summed E-state index contributed by atoms with van der Waals surface area (Å²) in [7, 11) is 2.00. The molecule has 1 fully saturated rings. The number of ether oxygens (including phenoxy) is 1. The topological polar surface area (TPSA) is 72.3 Å². The van der Waals surface area contributed by atoms with Crippen LogP contribution in [0.5, 0.6) is 0 Å². The molecule has 2 aliphatic rings. The van der Waals surface area contributed by atoms with Crippen molar-refractivity contribution in [1.82, 2.24) is 20.1 Å². The Morgan fingerprint density at radius 2 is 2.19 bits per heavy atom. The molecule has 0 unspecified atom stereocenters. The van der Waals surface area contributed by atoms with E-state index in [0.717, 1.165) is 43.9 Å². The number of alkyl carbamates (subject to hydrolysis) is 1. The van der Waals surface area contributed by atoms with Gasteiger partial charge in [-0.15, -0.1) is 0 Å². The first-order chi connectivity index (χ1) is 12.8. The Balaban J connectivity index is 1.48. The predicted molar refractivity (Wildman–Crippen MR) is 106 cm³/mol. The average Bonchev–Trinajstić information content (AvgIpc) is 3.23. The first-order valence-electron chi connectivity index (χ1n) is 9.55. The van der Waals surface area contributed by atoms with Crippen LogP contribution in [0.2, 0.25) is 0 Å². The van der Waals surface area contributed by atoms with Crippen molar-refractivity contribution in [2.45, 2.75) is 58.1 Å². The van der Waals surface area contributed by atoms with Gasteiger partial charge in [0, 0.05) is 20.1 Å². The summed E-state index contributed by atoms with van der Waals surface area (Å²) >= 11 is 1.75. The molecule has 1 amide bonds. The van der Waals surface area contributed by atoms with Crippen LogP contribution < -0.4 is 10.2 Å². The van der Waals surface area contributed by atoms with Crippen LogP contribution >= 0.6 is 11.3 Å². The lowest BCUT2D eigenvalue weighted by atomic mass is 10.1. The largest absolute Gasteiger partial charge is 0.444 e. The van der Waals surface area contributed by atoms with E-state index in [1.54, 1.807) is 11.3 Å². The van der Waals surface area contributed by atoms with Gasteiger partial charge >= 0.3 is 6.09 Å². The molecule has 1 atom stereocenters. The predicted octanol–water partition coefficient (Wildman–Crippen LogP) is 3.14. The molecule has 1 aliphatic heterocycles. The Kier molecular flexibility index (Phi) is 4.61. The second-order valence-electron chi connectivity index (χ2n) is 8.35. The van der Waals surface area contributed by atoms with E-state index in [1.165, 1.54) is 21.8 Å². The van der Waals surface area contributed by atoms with E-state index in [2.05, 4.69) is 15.3 Å². The number of nitrogens with zero attached hydrogens (tertiary/aromatic N) is 4. The fraction of sp³-hybridized carbons (Fsp3) is 0.632.